The number of carbonyl (C=O) groups excluding carboxylic acids is 1. The summed E-state index contributed by atoms with van der Waals surface area (Å²) in [5.74, 6) is -0.463. The summed E-state index contributed by atoms with van der Waals surface area (Å²) in [5, 5.41) is 0. The molecule has 0 aliphatic heterocycles. The molecule has 0 atom stereocenters. The first kappa shape index (κ1) is 12.4. The zero-order valence-corrected chi connectivity index (χ0v) is 11.1. The fourth-order valence-corrected chi connectivity index (χ4v) is 1.44. The Morgan fingerprint density at radius 1 is 1.27 bits per heavy atom. The number of carbonyl (C=O) groups is 1. The van der Waals surface area contributed by atoms with Gasteiger partial charge in [-0.15, -0.1) is 0 Å². The molecule has 0 heterocycles. The number of halogens is 1. The Labute approximate surface area is 103 Å². The van der Waals surface area contributed by atoms with E-state index in [9.17, 15) is 4.79 Å². The van der Waals surface area contributed by atoms with Gasteiger partial charge in [0.1, 0.15) is 5.60 Å². The maximum absolute atomic E-state index is 11.6. The van der Waals surface area contributed by atoms with E-state index in [1.807, 2.05) is 32.9 Å². The largest absolute Gasteiger partial charge is 0.374 e. The molecule has 1 aromatic rings. The first-order valence-corrected chi connectivity index (χ1v) is 5.62. The Hall–Kier alpha value is -0.620. The third-order valence-electron chi connectivity index (χ3n) is 1.46. The Kier molecular flexibility index (Phi) is 4.10. The van der Waals surface area contributed by atoms with Gasteiger partial charge in [0.25, 0.3) is 0 Å². The maximum Gasteiger partial charge on any atom is 0.374 e. The lowest BCUT2D eigenvalue weighted by Crippen LogP contribution is -2.22. The van der Waals surface area contributed by atoms with Crippen molar-refractivity contribution in [3.63, 3.8) is 0 Å². The lowest BCUT2D eigenvalue weighted by molar-refractivity contribution is -0.301. The first-order valence-electron chi connectivity index (χ1n) is 4.55. The van der Waals surface area contributed by atoms with E-state index in [0.717, 1.165) is 3.57 Å². The van der Waals surface area contributed by atoms with E-state index in [1.165, 1.54) is 0 Å². The van der Waals surface area contributed by atoms with Crippen molar-refractivity contribution in [1.82, 2.24) is 0 Å². The molecule has 1 rings (SSSR count). The summed E-state index contributed by atoms with van der Waals surface area (Å²) in [7, 11) is 0. The molecule has 0 bridgehead atoms. The minimum Gasteiger partial charge on any atom is -0.292 e. The van der Waals surface area contributed by atoms with Crippen LogP contribution in [0.2, 0.25) is 0 Å². The number of hydrogen-bond donors (Lipinski definition) is 0. The van der Waals surface area contributed by atoms with Gasteiger partial charge in [-0.2, -0.15) is 4.89 Å². The molecule has 0 aliphatic rings. The second kappa shape index (κ2) is 4.94. The lowest BCUT2D eigenvalue weighted by Gasteiger charge is -2.16. The predicted octanol–water partition coefficient (Wildman–Crippen LogP) is 3.18. The minimum absolute atomic E-state index is 0.463. The Morgan fingerprint density at radius 2 is 1.87 bits per heavy atom. The van der Waals surface area contributed by atoms with Crippen LogP contribution in [-0.4, -0.2) is 11.6 Å². The van der Waals surface area contributed by atoms with E-state index >= 15 is 0 Å². The third-order valence-corrected chi connectivity index (χ3v) is 2.40. The molecular weight excluding hydrogens is 307 g/mol. The Bertz CT molecular complexity index is 355. The van der Waals surface area contributed by atoms with E-state index in [4.69, 9.17) is 9.78 Å². The highest BCUT2D eigenvalue weighted by Gasteiger charge is 2.17. The molecule has 0 amide bonds. The van der Waals surface area contributed by atoms with Gasteiger partial charge in [-0.3, -0.25) is 4.89 Å². The average Bonchev–Trinajstić information content (AvgIpc) is 2.14. The lowest BCUT2D eigenvalue weighted by atomic mass is 10.2. The van der Waals surface area contributed by atoms with Crippen LogP contribution in [0.4, 0.5) is 0 Å². The van der Waals surface area contributed by atoms with Crippen molar-refractivity contribution in [1.29, 1.82) is 0 Å². The van der Waals surface area contributed by atoms with Crippen molar-refractivity contribution in [2.75, 3.05) is 0 Å². The zero-order valence-electron chi connectivity index (χ0n) is 8.91. The molecule has 0 N–H and O–H groups in total. The summed E-state index contributed by atoms with van der Waals surface area (Å²) in [6, 6.07) is 7.20. The van der Waals surface area contributed by atoms with E-state index in [-0.39, 0.29) is 0 Å². The van der Waals surface area contributed by atoms with Crippen molar-refractivity contribution in [3.8, 4) is 0 Å². The molecule has 0 fully saturated rings. The topological polar surface area (TPSA) is 35.5 Å². The van der Waals surface area contributed by atoms with Crippen LogP contribution in [0.25, 0.3) is 0 Å². The SMILES string of the molecule is CC(C)(C)OOC(=O)c1ccccc1I. The van der Waals surface area contributed by atoms with Gasteiger partial charge in [-0.25, -0.2) is 4.79 Å². The predicted molar refractivity (Wildman–Crippen MR) is 65.4 cm³/mol. The molecule has 3 nitrogen and oxygen atoms in total. The quantitative estimate of drug-likeness (QED) is 0.477. The van der Waals surface area contributed by atoms with Crippen molar-refractivity contribution in [2.45, 2.75) is 26.4 Å². The smallest absolute Gasteiger partial charge is 0.292 e. The van der Waals surface area contributed by atoms with Crippen LogP contribution in [0.1, 0.15) is 31.1 Å². The van der Waals surface area contributed by atoms with Crippen LogP contribution in [0, 0.1) is 3.57 Å². The molecular formula is C11H13IO3. The summed E-state index contributed by atoms with van der Waals surface area (Å²) < 4.78 is 0.845. The summed E-state index contributed by atoms with van der Waals surface area (Å²) in [5.41, 5.74) is 0.0259. The highest BCUT2D eigenvalue weighted by molar-refractivity contribution is 14.1. The monoisotopic (exact) mass is 320 g/mol. The summed E-state index contributed by atoms with van der Waals surface area (Å²) in [4.78, 5) is 21.2. The minimum atomic E-state index is -0.490. The molecule has 0 spiro atoms. The van der Waals surface area contributed by atoms with Crippen molar-refractivity contribution < 1.29 is 14.6 Å². The summed E-state index contributed by atoms with van der Waals surface area (Å²) in [6.07, 6.45) is 0. The highest BCUT2D eigenvalue weighted by Crippen LogP contribution is 2.14. The second-order valence-electron chi connectivity index (χ2n) is 4.05. The van der Waals surface area contributed by atoms with E-state index in [2.05, 4.69) is 22.6 Å². The van der Waals surface area contributed by atoms with Crippen LogP contribution in [0.5, 0.6) is 0 Å². The van der Waals surface area contributed by atoms with E-state index < -0.39 is 11.6 Å². The van der Waals surface area contributed by atoms with Gasteiger partial charge in [0.15, 0.2) is 0 Å². The third kappa shape index (κ3) is 4.17. The molecule has 0 aliphatic carbocycles. The molecule has 0 radical (unpaired) electrons. The number of hydrogen-bond acceptors (Lipinski definition) is 3. The van der Waals surface area contributed by atoms with Gasteiger partial charge in [0.05, 0.1) is 5.56 Å². The Morgan fingerprint density at radius 3 is 2.40 bits per heavy atom. The van der Waals surface area contributed by atoms with Gasteiger partial charge in [-0.1, -0.05) is 12.1 Å². The van der Waals surface area contributed by atoms with E-state index in [1.54, 1.807) is 12.1 Å². The normalized spacial score (nSPS) is 11.2. The molecule has 82 valence electrons. The van der Waals surface area contributed by atoms with Crippen LogP contribution >= 0.6 is 22.6 Å². The highest BCUT2D eigenvalue weighted by atomic mass is 127. The number of benzene rings is 1. The average molecular weight is 320 g/mol. The van der Waals surface area contributed by atoms with Gasteiger partial charge >= 0.3 is 5.97 Å². The maximum atomic E-state index is 11.6. The fraction of sp³-hybridized carbons (Fsp3) is 0.364. The first-order chi connectivity index (χ1) is 6.90. The molecule has 4 heteroatoms. The zero-order chi connectivity index (χ0) is 11.5. The van der Waals surface area contributed by atoms with Crippen molar-refractivity contribution in [3.05, 3.63) is 33.4 Å². The molecule has 0 saturated heterocycles. The van der Waals surface area contributed by atoms with Gasteiger partial charge in [0, 0.05) is 3.57 Å². The van der Waals surface area contributed by atoms with Crippen molar-refractivity contribution >= 4 is 28.6 Å². The second-order valence-corrected chi connectivity index (χ2v) is 5.21. The molecule has 15 heavy (non-hydrogen) atoms. The van der Waals surface area contributed by atoms with E-state index in [0.29, 0.717) is 5.56 Å². The Balaban J connectivity index is 2.66. The van der Waals surface area contributed by atoms with Crippen LogP contribution in [0.15, 0.2) is 24.3 Å². The van der Waals surface area contributed by atoms with Crippen LogP contribution in [0.3, 0.4) is 0 Å². The molecule has 0 aromatic heterocycles. The van der Waals surface area contributed by atoms with Gasteiger partial charge in [-0.05, 0) is 55.5 Å². The fourth-order valence-electron chi connectivity index (χ4n) is 0.834. The van der Waals surface area contributed by atoms with Crippen molar-refractivity contribution in [2.24, 2.45) is 0 Å². The summed E-state index contributed by atoms with van der Waals surface area (Å²) in [6.45, 7) is 5.45. The number of rotatable bonds is 2. The van der Waals surface area contributed by atoms with Crippen LogP contribution in [-0.2, 0) is 9.78 Å². The van der Waals surface area contributed by atoms with Gasteiger partial charge in [0.2, 0.25) is 0 Å². The molecule has 0 saturated carbocycles. The molecule has 1 aromatic carbocycles. The summed E-state index contributed by atoms with van der Waals surface area (Å²) >= 11 is 2.08. The molecule has 0 unspecified atom stereocenters. The van der Waals surface area contributed by atoms with Gasteiger partial charge < -0.3 is 0 Å². The van der Waals surface area contributed by atoms with Crippen LogP contribution < -0.4 is 0 Å². The standard InChI is InChI=1S/C11H13IO3/c1-11(2,3)15-14-10(13)8-6-4-5-7-9(8)12/h4-7H,1-3H3.